The third kappa shape index (κ3) is 6.40. The number of benzene rings is 2. The van der Waals surface area contributed by atoms with Gasteiger partial charge in [-0.3, -0.25) is 10.1 Å². The first-order valence-corrected chi connectivity index (χ1v) is 13.9. The average molecular weight is 586 g/mol. The standard InChI is InChI=1S/C23H21Cl2N3O7S2/c1-33-15-4-2-14(3-5-15)19-13-36-23(26-19)27-21(29)12-35-22(30)16-10-20(18(25)11-17(16)24)37(31,32)28-6-8-34-9-7-28/h2-5,10-11,13H,6-9,12H2,1H3,(H,26,27,29). The number of esters is 1. The van der Waals surface area contributed by atoms with Crippen molar-refractivity contribution in [3.63, 3.8) is 0 Å². The van der Waals surface area contributed by atoms with Crippen molar-refractivity contribution in [1.82, 2.24) is 9.29 Å². The highest BCUT2D eigenvalue weighted by Crippen LogP contribution is 2.31. The van der Waals surface area contributed by atoms with Crippen molar-refractivity contribution in [1.29, 1.82) is 0 Å². The van der Waals surface area contributed by atoms with Gasteiger partial charge in [0.05, 0.1) is 41.6 Å². The molecule has 0 radical (unpaired) electrons. The van der Waals surface area contributed by atoms with Crippen molar-refractivity contribution in [3.8, 4) is 17.0 Å². The number of halogens is 2. The first kappa shape index (κ1) is 27.3. The summed E-state index contributed by atoms with van der Waals surface area (Å²) in [5.41, 5.74) is 1.26. The van der Waals surface area contributed by atoms with Crippen LogP contribution in [-0.4, -0.2) is 69.6 Å². The molecule has 0 atom stereocenters. The van der Waals surface area contributed by atoms with E-state index in [2.05, 4.69) is 10.3 Å². The Balaban J connectivity index is 1.40. The molecule has 1 N–H and O–H groups in total. The Morgan fingerprint density at radius 2 is 1.84 bits per heavy atom. The minimum Gasteiger partial charge on any atom is -0.497 e. The van der Waals surface area contributed by atoms with E-state index in [0.29, 0.717) is 16.6 Å². The molecule has 10 nitrogen and oxygen atoms in total. The molecule has 0 aliphatic carbocycles. The molecule has 196 valence electrons. The van der Waals surface area contributed by atoms with Crippen molar-refractivity contribution in [3.05, 3.63) is 57.4 Å². The number of anilines is 1. The highest BCUT2D eigenvalue weighted by molar-refractivity contribution is 7.89. The van der Waals surface area contributed by atoms with Gasteiger partial charge in [0.2, 0.25) is 10.0 Å². The Bertz CT molecular complexity index is 1410. The van der Waals surface area contributed by atoms with Crippen LogP contribution in [0.15, 0.2) is 46.7 Å². The van der Waals surface area contributed by atoms with Crippen LogP contribution in [0.25, 0.3) is 11.3 Å². The van der Waals surface area contributed by atoms with Crippen molar-refractivity contribution in [2.75, 3.05) is 45.3 Å². The SMILES string of the molecule is COc1ccc(-c2csc(NC(=O)COC(=O)c3cc(S(=O)(=O)N4CCOCC4)c(Cl)cc3Cl)n2)cc1. The summed E-state index contributed by atoms with van der Waals surface area (Å²) in [6.07, 6.45) is 0. The number of methoxy groups -OCH3 is 1. The summed E-state index contributed by atoms with van der Waals surface area (Å²) >= 11 is 13.5. The molecule has 0 bridgehead atoms. The van der Waals surface area contributed by atoms with E-state index in [4.69, 9.17) is 37.4 Å². The number of rotatable bonds is 8. The lowest BCUT2D eigenvalue weighted by Crippen LogP contribution is -2.40. The number of carbonyl (C=O) groups is 2. The highest BCUT2D eigenvalue weighted by atomic mass is 35.5. The number of hydrogen-bond acceptors (Lipinski definition) is 9. The van der Waals surface area contributed by atoms with E-state index in [9.17, 15) is 18.0 Å². The van der Waals surface area contributed by atoms with Crippen molar-refractivity contribution in [2.45, 2.75) is 4.90 Å². The molecule has 1 amide bonds. The number of sulfonamides is 1. The Kier molecular flexibility index (Phi) is 8.67. The largest absolute Gasteiger partial charge is 0.497 e. The predicted octanol–water partition coefficient (Wildman–Crippen LogP) is 3.94. The van der Waals surface area contributed by atoms with Gasteiger partial charge in [-0.2, -0.15) is 4.31 Å². The fourth-order valence-corrected chi connectivity index (χ4v) is 6.37. The summed E-state index contributed by atoms with van der Waals surface area (Å²) in [4.78, 5) is 29.1. The van der Waals surface area contributed by atoms with Crippen LogP contribution < -0.4 is 10.1 Å². The van der Waals surface area contributed by atoms with Gasteiger partial charge in [-0.25, -0.2) is 18.2 Å². The first-order valence-electron chi connectivity index (χ1n) is 10.8. The van der Waals surface area contributed by atoms with Gasteiger partial charge in [0.1, 0.15) is 10.6 Å². The molecule has 3 aromatic rings. The maximum Gasteiger partial charge on any atom is 0.340 e. The molecule has 2 aromatic carbocycles. The van der Waals surface area contributed by atoms with Crippen LogP contribution in [0.3, 0.4) is 0 Å². The number of ether oxygens (including phenoxy) is 3. The summed E-state index contributed by atoms with van der Waals surface area (Å²) in [5.74, 6) is -0.899. The highest BCUT2D eigenvalue weighted by Gasteiger charge is 2.30. The van der Waals surface area contributed by atoms with Gasteiger partial charge in [0.25, 0.3) is 5.91 Å². The molecule has 2 heterocycles. The monoisotopic (exact) mass is 585 g/mol. The van der Waals surface area contributed by atoms with Crippen LogP contribution >= 0.6 is 34.5 Å². The lowest BCUT2D eigenvalue weighted by Gasteiger charge is -2.26. The summed E-state index contributed by atoms with van der Waals surface area (Å²) in [6, 6.07) is 9.48. The molecule has 4 rings (SSSR count). The number of morpholine rings is 1. The van der Waals surface area contributed by atoms with Crippen molar-refractivity contribution in [2.24, 2.45) is 0 Å². The third-order valence-corrected chi connectivity index (χ3v) is 8.73. The number of hydrogen-bond donors (Lipinski definition) is 1. The molecule has 1 aliphatic heterocycles. The van der Waals surface area contributed by atoms with E-state index in [1.807, 2.05) is 12.1 Å². The van der Waals surface area contributed by atoms with Gasteiger partial charge < -0.3 is 14.2 Å². The summed E-state index contributed by atoms with van der Waals surface area (Å²) < 4.78 is 42.6. The van der Waals surface area contributed by atoms with Crippen LogP contribution in [0.5, 0.6) is 5.75 Å². The van der Waals surface area contributed by atoms with E-state index in [1.165, 1.54) is 15.6 Å². The summed E-state index contributed by atoms with van der Waals surface area (Å²) in [6.45, 7) is 0.154. The number of amides is 1. The maximum absolute atomic E-state index is 13.0. The lowest BCUT2D eigenvalue weighted by atomic mass is 10.2. The van der Waals surface area contributed by atoms with Crippen molar-refractivity contribution >= 4 is 61.6 Å². The van der Waals surface area contributed by atoms with Crippen LogP contribution in [0.2, 0.25) is 10.0 Å². The minimum absolute atomic E-state index is 0.111. The molecule has 0 spiro atoms. The van der Waals surface area contributed by atoms with E-state index in [1.54, 1.807) is 24.6 Å². The predicted molar refractivity (Wildman–Crippen MR) is 139 cm³/mol. The van der Waals surface area contributed by atoms with Gasteiger partial charge in [-0.15, -0.1) is 11.3 Å². The zero-order chi connectivity index (χ0) is 26.6. The molecule has 37 heavy (non-hydrogen) atoms. The molecular weight excluding hydrogens is 565 g/mol. The van der Waals surface area contributed by atoms with Gasteiger partial charge in [0, 0.05) is 24.0 Å². The quantitative estimate of drug-likeness (QED) is 0.394. The number of nitrogens with one attached hydrogen (secondary N) is 1. The second-order valence-electron chi connectivity index (χ2n) is 7.67. The minimum atomic E-state index is -4.00. The second-order valence-corrected chi connectivity index (χ2v) is 11.2. The Hall–Kier alpha value is -2.74. The van der Waals surface area contributed by atoms with Gasteiger partial charge >= 0.3 is 5.97 Å². The van der Waals surface area contributed by atoms with E-state index in [0.717, 1.165) is 17.7 Å². The second kappa shape index (κ2) is 11.8. The average Bonchev–Trinajstić information content (AvgIpc) is 3.36. The summed E-state index contributed by atoms with van der Waals surface area (Å²) in [5, 5.41) is 4.40. The topological polar surface area (TPSA) is 124 Å². The third-order valence-electron chi connectivity index (χ3n) is 5.30. The fourth-order valence-electron chi connectivity index (χ4n) is 3.40. The normalized spacial score (nSPS) is 14.2. The number of thiazole rings is 1. The smallest absolute Gasteiger partial charge is 0.340 e. The molecule has 1 saturated heterocycles. The van der Waals surface area contributed by atoms with E-state index < -0.39 is 28.5 Å². The molecule has 1 aliphatic rings. The van der Waals surface area contributed by atoms with E-state index >= 15 is 0 Å². The van der Waals surface area contributed by atoms with Crippen molar-refractivity contribution < 1.29 is 32.2 Å². The van der Waals surface area contributed by atoms with Crippen LogP contribution in [-0.2, 0) is 24.3 Å². The van der Waals surface area contributed by atoms with Gasteiger partial charge in [-0.1, -0.05) is 23.2 Å². The zero-order valence-corrected chi connectivity index (χ0v) is 22.5. The molecule has 0 unspecified atom stereocenters. The Morgan fingerprint density at radius 1 is 1.14 bits per heavy atom. The van der Waals surface area contributed by atoms with Gasteiger partial charge in [0.15, 0.2) is 11.7 Å². The zero-order valence-electron chi connectivity index (χ0n) is 19.4. The number of nitrogens with zero attached hydrogens (tertiary/aromatic N) is 2. The molecule has 0 saturated carbocycles. The van der Waals surface area contributed by atoms with Crippen LogP contribution in [0.1, 0.15) is 10.4 Å². The molecule has 1 fully saturated rings. The lowest BCUT2D eigenvalue weighted by molar-refractivity contribution is -0.119. The van der Waals surface area contributed by atoms with Gasteiger partial charge in [-0.05, 0) is 36.4 Å². The fraction of sp³-hybridized carbons (Fsp3) is 0.261. The Labute approximate surface area is 227 Å². The first-order chi connectivity index (χ1) is 17.7. The van der Waals surface area contributed by atoms with Crippen LogP contribution in [0, 0.1) is 0 Å². The summed E-state index contributed by atoms with van der Waals surface area (Å²) in [7, 11) is -2.43. The molecular formula is C23H21Cl2N3O7S2. The molecule has 1 aromatic heterocycles. The maximum atomic E-state index is 13.0. The van der Waals surface area contributed by atoms with Crippen LogP contribution in [0.4, 0.5) is 5.13 Å². The number of aromatic nitrogens is 1. The Morgan fingerprint density at radius 3 is 2.51 bits per heavy atom. The number of carbonyl (C=O) groups excluding carboxylic acids is 2. The molecule has 14 heteroatoms. The van der Waals surface area contributed by atoms with E-state index in [-0.39, 0.29) is 46.8 Å².